The van der Waals surface area contributed by atoms with Crippen molar-refractivity contribution in [1.82, 2.24) is 0 Å². The van der Waals surface area contributed by atoms with Crippen LogP contribution in [-0.4, -0.2) is 23.9 Å². The van der Waals surface area contributed by atoms with Crippen LogP contribution in [0.25, 0.3) is 0 Å². The van der Waals surface area contributed by atoms with Gasteiger partial charge in [0.15, 0.2) is 0 Å². The van der Waals surface area contributed by atoms with Gasteiger partial charge in [-0.05, 0) is 44.9 Å². The van der Waals surface area contributed by atoms with Gasteiger partial charge in [-0.1, -0.05) is 12.5 Å². The maximum atomic E-state index is 9.33. The molecule has 0 radical (unpaired) electrons. The summed E-state index contributed by atoms with van der Waals surface area (Å²) in [6, 6.07) is 0. The number of aliphatic hydroxyl groups is 1. The van der Waals surface area contributed by atoms with E-state index in [1.54, 1.807) is 0 Å². The van der Waals surface area contributed by atoms with Gasteiger partial charge in [-0.3, -0.25) is 0 Å². The maximum Gasteiger partial charge on any atom is 0.0577 e. The molecule has 1 rings (SSSR count). The first-order valence-electron chi connectivity index (χ1n) is 6.23. The highest BCUT2D eigenvalue weighted by atomic mass is 16.5. The minimum absolute atomic E-state index is 0.0718. The molecule has 2 nitrogen and oxygen atoms in total. The SMILES string of the molecule is C=CCCCCCOC1CCC(O)CC1. The Labute approximate surface area is 93.3 Å². The Kier molecular flexibility index (Phi) is 6.69. The third-order valence-corrected chi connectivity index (χ3v) is 3.05. The number of aliphatic hydroxyl groups excluding tert-OH is 1. The van der Waals surface area contributed by atoms with Gasteiger partial charge in [0.25, 0.3) is 0 Å². The molecule has 0 amide bonds. The second-order valence-corrected chi connectivity index (χ2v) is 4.44. The molecule has 0 saturated heterocycles. The largest absolute Gasteiger partial charge is 0.393 e. The highest BCUT2D eigenvalue weighted by Crippen LogP contribution is 2.21. The number of rotatable bonds is 7. The van der Waals surface area contributed by atoms with Gasteiger partial charge < -0.3 is 9.84 Å². The van der Waals surface area contributed by atoms with Crippen LogP contribution in [0.5, 0.6) is 0 Å². The Morgan fingerprint density at radius 1 is 1.13 bits per heavy atom. The topological polar surface area (TPSA) is 29.5 Å². The summed E-state index contributed by atoms with van der Waals surface area (Å²) in [5.41, 5.74) is 0. The fraction of sp³-hybridized carbons (Fsp3) is 0.846. The molecule has 1 fully saturated rings. The molecule has 1 aliphatic carbocycles. The monoisotopic (exact) mass is 212 g/mol. The zero-order chi connectivity index (χ0) is 10.9. The summed E-state index contributed by atoms with van der Waals surface area (Å²) >= 11 is 0. The summed E-state index contributed by atoms with van der Waals surface area (Å²) < 4.78 is 5.77. The lowest BCUT2D eigenvalue weighted by Gasteiger charge is -2.25. The fourth-order valence-corrected chi connectivity index (χ4v) is 2.03. The summed E-state index contributed by atoms with van der Waals surface area (Å²) in [6.45, 7) is 4.59. The van der Waals surface area contributed by atoms with Crippen molar-refractivity contribution in [2.75, 3.05) is 6.61 Å². The molecule has 1 N–H and O–H groups in total. The van der Waals surface area contributed by atoms with Gasteiger partial charge in [-0.2, -0.15) is 0 Å². The average Bonchev–Trinajstić information content (AvgIpc) is 2.26. The van der Waals surface area contributed by atoms with Gasteiger partial charge in [0.1, 0.15) is 0 Å². The van der Waals surface area contributed by atoms with Crippen molar-refractivity contribution in [2.24, 2.45) is 0 Å². The molecule has 0 atom stereocenters. The first-order valence-corrected chi connectivity index (χ1v) is 6.23. The Hall–Kier alpha value is -0.340. The van der Waals surface area contributed by atoms with E-state index in [0.717, 1.165) is 45.1 Å². The molecule has 0 aromatic carbocycles. The Balaban J connectivity index is 1.89. The van der Waals surface area contributed by atoms with Crippen molar-refractivity contribution in [2.45, 2.75) is 63.6 Å². The van der Waals surface area contributed by atoms with Crippen LogP contribution in [-0.2, 0) is 4.74 Å². The predicted molar refractivity (Wildman–Crippen MR) is 62.9 cm³/mol. The Morgan fingerprint density at radius 3 is 2.53 bits per heavy atom. The van der Waals surface area contributed by atoms with E-state index in [9.17, 15) is 5.11 Å². The van der Waals surface area contributed by atoms with E-state index in [1.807, 2.05) is 6.08 Å². The van der Waals surface area contributed by atoms with Gasteiger partial charge in [-0.15, -0.1) is 6.58 Å². The molecule has 0 heterocycles. The summed E-state index contributed by atoms with van der Waals surface area (Å²) in [7, 11) is 0. The normalized spacial score (nSPS) is 26.5. The molecule has 88 valence electrons. The van der Waals surface area contributed by atoms with Gasteiger partial charge in [0.2, 0.25) is 0 Å². The predicted octanol–water partition coefficient (Wildman–Crippen LogP) is 3.05. The lowest BCUT2D eigenvalue weighted by Crippen LogP contribution is -2.24. The van der Waals surface area contributed by atoms with Crippen LogP contribution in [0.3, 0.4) is 0 Å². The summed E-state index contributed by atoms with van der Waals surface area (Å²) in [5.74, 6) is 0. The third-order valence-electron chi connectivity index (χ3n) is 3.05. The Bertz CT molecular complexity index is 160. The molecular weight excluding hydrogens is 188 g/mol. The van der Waals surface area contributed by atoms with Crippen LogP contribution in [0.15, 0.2) is 12.7 Å². The second-order valence-electron chi connectivity index (χ2n) is 4.44. The van der Waals surface area contributed by atoms with Crippen LogP contribution in [0, 0.1) is 0 Å². The molecule has 15 heavy (non-hydrogen) atoms. The zero-order valence-corrected chi connectivity index (χ0v) is 9.66. The van der Waals surface area contributed by atoms with E-state index in [2.05, 4.69) is 6.58 Å². The first kappa shape index (κ1) is 12.7. The molecule has 2 heteroatoms. The maximum absolute atomic E-state index is 9.33. The molecule has 1 aliphatic rings. The molecule has 0 unspecified atom stereocenters. The molecule has 0 aromatic heterocycles. The summed E-state index contributed by atoms with van der Waals surface area (Å²) in [6.07, 6.45) is 11.0. The summed E-state index contributed by atoms with van der Waals surface area (Å²) in [4.78, 5) is 0. The molecule has 1 saturated carbocycles. The molecular formula is C13H24O2. The highest BCUT2D eigenvalue weighted by Gasteiger charge is 2.19. The van der Waals surface area contributed by atoms with E-state index in [-0.39, 0.29) is 6.10 Å². The van der Waals surface area contributed by atoms with Crippen LogP contribution in [0.1, 0.15) is 51.4 Å². The van der Waals surface area contributed by atoms with Crippen LogP contribution < -0.4 is 0 Å². The average molecular weight is 212 g/mol. The van der Waals surface area contributed by atoms with Gasteiger partial charge in [0.05, 0.1) is 12.2 Å². The number of hydrogen-bond acceptors (Lipinski definition) is 2. The number of unbranched alkanes of at least 4 members (excludes halogenated alkanes) is 3. The molecule has 0 spiro atoms. The lowest BCUT2D eigenvalue weighted by molar-refractivity contribution is -0.00442. The third kappa shape index (κ3) is 5.95. The minimum atomic E-state index is -0.0718. The van der Waals surface area contributed by atoms with E-state index in [4.69, 9.17) is 4.74 Å². The van der Waals surface area contributed by atoms with E-state index >= 15 is 0 Å². The standard InChI is InChI=1S/C13H24O2/c1-2-3-4-5-6-11-15-13-9-7-12(14)8-10-13/h2,12-14H,1,3-11H2. The molecule has 0 bridgehead atoms. The number of allylic oxidation sites excluding steroid dienone is 1. The van der Waals surface area contributed by atoms with Gasteiger partial charge >= 0.3 is 0 Å². The van der Waals surface area contributed by atoms with E-state index < -0.39 is 0 Å². The first-order chi connectivity index (χ1) is 7.33. The quantitative estimate of drug-likeness (QED) is 0.519. The fourth-order valence-electron chi connectivity index (χ4n) is 2.03. The van der Waals surface area contributed by atoms with E-state index in [0.29, 0.717) is 6.10 Å². The lowest BCUT2D eigenvalue weighted by atomic mass is 9.95. The second kappa shape index (κ2) is 7.89. The zero-order valence-electron chi connectivity index (χ0n) is 9.66. The van der Waals surface area contributed by atoms with Crippen molar-refractivity contribution in [1.29, 1.82) is 0 Å². The Morgan fingerprint density at radius 2 is 1.87 bits per heavy atom. The van der Waals surface area contributed by atoms with Crippen molar-refractivity contribution in [3.05, 3.63) is 12.7 Å². The number of hydrogen-bond donors (Lipinski definition) is 1. The van der Waals surface area contributed by atoms with Crippen LogP contribution in [0.4, 0.5) is 0 Å². The van der Waals surface area contributed by atoms with Gasteiger partial charge in [-0.25, -0.2) is 0 Å². The minimum Gasteiger partial charge on any atom is -0.393 e. The van der Waals surface area contributed by atoms with Crippen molar-refractivity contribution in [3.63, 3.8) is 0 Å². The number of ether oxygens (including phenoxy) is 1. The van der Waals surface area contributed by atoms with Crippen LogP contribution >= 0.6 is 0 Å². The molecule has 0 aromatic rings. The highest BCUT2D eigenvalue weighted by molar-refractivity contribution is 4.71. The smallest absolute Gasteiger partial charge is 0.0577 e. The van der Waals surface area contributed by atoms with Gasteiger partial charge in [0, 0.05) is 6.61 Å². The summed E-state index contributed by atoms with van der Waals surface area (Å²) in [5, 5.41) is 9.33. The van der Waals surface area contributed by atoms with Crippen molar-refractivity contribution < 1.29 is 9.84 Å². The van der Waals surface area contributed by atoms with Crippen molar-refractivity contribution in [3.8, 4) is 0 Å². The van der Waals surface area contributed by atoms with E-state index in [1.165, 1.54) is 12.8 Å². The van der Waals surface area contributed by atoms with Crippen molar-refractivity contribution >= 4 is 0 Å². The van der Waals surface area contributed by atoms with Crippen LogP contribution in [0.2, 0.25) is 0 Å². The molecule has 0 aliphatic heterocycles.